The van der Waals surface area contributed by atoms with Crippen molar-refractivity contribution in [2.75, 3.05) is 7.11 Å². The quantitative estimate of drug-likeness (QED) is 0.146. The molecule has 9 heteroatoms. The monoisotopic (exact) mass is 538 g/mol. The van der Waals surface area contributed by atoms with Crippen molar-refractivity contribution in [2.45, 2.75) is 20.4 Å². The average Bonchev–Trinajstić information content (AvgIpc) is 3.39. The number of nitrogens with zero attached hydrogens (tertiary/aromatic N) is 4. The third-order valence-electron chi connectivity index (χ3n) is 6.42. The highest BCUT2D eigenvalue weighted by molar-refractivity contribution is 8.18. The van der Waals surface area contributed by atoms with E-state index in [0.717, 1.165) is 34.0 Å². The summed E-state index contributed by atoms with van der Waals surface area (Å²) in [6.45, 7) is 4.25. The molecule has 1 aliphatic heterocycles. The highest BCUT2D eigenvalue weighted by Crippen LogP contribution is 2.36. The molecule has 1 amide bonds. The first-order chi connectivity index (χ1) is 18.8. The van der Waals surface area contributed by atoms with E-state index in [2.05, 4.69) is 0 Å². The lowest BCUT2D eigenvalue weighted by molar-refractivity contribution is -0.384. The first-order valence-electron chi connectivity index (χ1n) is 12.3. The number of aromatic nitrogens is 1. The van der Waals surface area contributed by atoms with Gasteiger partial charge in [0.15, 0.2) is 5.17 Å². The summed E-state index contributed by atoms with van der Waals surface area (Å²) in [6, 6.07) is 25.7. The summed E-state index contributed by atoms with van der Waals surface area (Å²) in [5, 5.41) is 11.9. The standard InChI is InChI=1S/C30H26N4O4S/c1-20-16-23(21(2)33(20)25-10-7-11-26(18-25)34(36)37)17-28-29(35)32(19-22-12-14-27(38-3)15-13-22)30(39-28)31-24-8-5-4-6-9-24/h4-18H,19H2,1-3H3/b28-17-,31-30?. The highest BCUT2D eigenvalue weighted by atomic mass is 32.2. The summed E-state index contributed by atoms with van der Waals surface area (Å²) < 4.78 is 7.22. The molecule has 0 N–H and O–H groups in total. The molecule has 196 valence electrons. The van der Waals surface area contributed by atoms with Gasteiger partial charge in [-0.2, -0.15) is 0 Å². The maximum Gasteiger partial charge on any atom is 0.271 e. The van der Waals surface area contributed by atoms with Crippen molar-refractivity contribution >= 4 is 40.3 Å². The fraction of sp³-hybridized carbons (Fsp3) is 0.133. The molecule has 0 aliphatic carbocycles. The second-order valence-corrected chi connectivity index (χ2v) is 10.0. The summed E-state index contributed by atoms with van der Waals surface area (Å²) >= 11 is 1.33. The number of ether oxygens (including phenoxy) is 1. The zero-order valence-corrected chi connectivity index (χ0v) is 22.5. The van der Waals surface area contributed by atoms with Crippen LogP contribution in [-0.4, -0.2) is 32.6 Å². The number of hydrogen-bond acceptors (Lipinski definition) is 6. The molecular formula is C30H26N4O4S. The fourth-order valence-corrected chi connectivity index (χ4v) is 5.46. The average molecular weight is 539 g/mol. The number of carbonyl (C=O) groups is 1. The summed E-state index contributed by atoms with van der Waals surface area (Å²) in [5.41, 5.74) is 5.08. The number of aliphatic imine (C=N–C) groups is 1. The number of para-hydroxylation sites is 1. The Morgan fingerprint density at radius 1 is 1.00 bits per heavy atom. The number of methoxy groups -OCH3 is 1. The molecule has 0 bridgehead atoms. The lowest BCUT2D eigenvalue weighted by Crippen LogP contribution is -2.28. The molecule has 39 heavy (non-hydrogen) atoms. The van der Waals surface area contributed by atoms with Gasteiger partial charge in [-0.05, 0) is 79.2 Å². The number of aryl methyl sites for hydroxylation is 1. The summed E-state index contributed by atoms with van der Waals surface area (Å²) in [4.78, 5) is 31.6. The van der Waals surface area contributed by atoms with Gasteiger partial charge in [-0.1, -0.05) is 36.4 Å². The third kappa shape index (κ3) is 5.49. The summed E-state index contributed by atoms with van der Waals surface area (Å²) in [6.07, 6.45) is 1.87. The van der Waals surface area contributed by atoms with E-state index < -0.39 is 4.92 Å². The number of carbonyl (C=O) groups excluding carboxylic acids is 1. The molecule has 1 fully saturated rings. The normalized spacial score (nSPS) is 15.4. The Kier molecular flexibility index (Phi) is 7.33. The van der Waals surface area contributed by atoms with Gasteiger partial charge in [0.25, 0.3) is 11.6 Å². The van der Waals surface area contributed by atoms with E-state index in [4.69, 9.17) is 9.73 Å². The third-order valence-corrected chi connectivity index (χ3v) is 7.43. The zero-order chi connectivity index (χ0) is 27.5. The van der Waals surface area contributed by atoms with Crippen molar-refractivity contribution in [3.05, 3.63) is 122 Å². The van der Waals surface area contributed by atoms with Crippen LogP contribution in [-0.2, 0) is 11.3 Å². The predicted octanol–water partition coefficient (Wildman–Crippen LogP) is 6.82. The van der Waals surface area contributed by atoms with Gasteiger partial charge in [0.1, 0.15) is 5.75 Å². The Labute approximate surface area is 230 Å². The second-order valence-electron chi connectivity index (χ2n) is 9.02. The van der Waals surface area contributed by atoms with Crippen LogP contribution >= 0.6 is 11.8 Å². The van der Waals surface area contributed by atoms with Crippen LogP contribution in [0, 0.1) is 24.0 Å². The lowest BCUT2D eigenvalue weighted by Gasteiger charge is -2.16. The van der Waals surface area contributed by atoms with Crippen molar-refractivity contribution in [3.8, 4) is 11.4 Å². The maximum atomic E-state index is 13.7. The molecule has 2 heterocycles. The second kappa shape index (κ2) is 11.0. The summed E-state index contributed by atoms with van der Waals surface area (Å²) in [5.74, 6) is 0.615. The Balaban J connectivity index is 1.51. The molecule has 0 spiro atoms. The molecule has 0 unspecified atom stereocenters. The molecular weight excluding hydrogens is 512 g/mol. The Hall–Kier alpha value is -4.63. The number of nitro groups is 1. The predicted molar refractivity (Wildman–Crippen MR) is 155 cm³/mol. The van der Waals surface area contributed by atoms with E-state index in [0.29, 0.717) is 22.3 Å². The smallest absolute Gasteiger partial charge is 0.271 e. The number of thioether (sulfide) groups is 1. The topological polar surface area (TPSA) is 90.0 Å². The van der Waals surface area contributed by atoms with Gasteiger partial charge in [-0.3, -0.25) is 19.8 Å². The van der Waals surface area contributed by atoms with Crippen LogP contribution in [0.2, 0.25) is 0 Å². The molecule has 0 radical (unpaired) electrons. The number of benzene rings is 3. The number of amides is 1. The van der Waals surface area contributed by atoms with Crippen LogP contribution in [0.3, 0.4) is 0 Å². The van der Waals surface area contributed by atoms with Crippen LogP contribution < -0.4 is 4.74 Å². The van der Waals surface area contributed by atoms with Crippen molar-refractivity contribution in [1.29, 1.82) is 0 Å². The molecule has 0 atom stereocenters. The molecule has 4 aromatic rings. The minimum Gasteiger partial charge on any atom is -0.497 e. The molecule has 3 aromatic carbocycles. The minimum absolute atomic E-state index is 0.0253. The fourth-order valence-electron chi connectivity index (χ4n) is 4.48. The van der Waals surface area contributed by atoms with E-state index in [9.17, 15) is 14.9 Å². The number of nitro benzene ring substituents is 1. The van der Waals surface area contributed by atoms with Gasteiger partial charge in [-0.15, -0.1) is 0 Å². The van der Waals surface area contributed by atoms with Gasteiger partial charge in [-0.25, -0.2) is 4.99 Å². The lowest BCUT2D eigenvalue weighted by atomic mass is 10.2. The van der Waals surface area contributed by atoms with Crippen molar-refractivity contribution in [3.63, 3.8) is 0 Å². The molecule has 5 rings (SSSR count). The van der Waals surface area contributed by atoms with Gasteiger partial charge in [0.05, 0.1) is 34.9 Å². The maximum absolute atomic E-state index is 13.7. The van der Waals surface area contributed by atoms with Crippen LogP contribution in [0.1, 0.15) is 22.5 Å². The highest BCUT2D eigenvalue weighted by Gasteiger charge is 2.34. The Morgan fingerprint density at radius 2 is 1.74 bits per heavy atom. The molecule has 1 aromatic heterocycles. The SMILES string of the molecule is COc1ccc(CN2C(=O)/C(=C/c3cc(C)n(-c4cccc([N+](=O)[O-])c4)c3C)SC2=Nc2ccccc2)cc1. The van der Waals surface area contributed by atoms with Crippen LogP contribution in [0.25, 0.3) is 11.8 Å². The van der Waals surface area contributed by atoms with Gasteiger partial charge < -0.3 is 9.30 Å². The minimum atomic E-state index is -0.403. The number of hydrogen-bond donors (Lipinski definition) is 0. The number of non-ortho nitro benzene ring substituents is 1. The van der Waals surface area contributed by atoms with Crippen LogP contribution in [0.15, 0.2) is 94.8 Å². The number of amidine groups is 1. The van der Waals surface area contributed by atoms with Crippen LogP contribution in [0.4, 0.5) is 11.4 Å². The Bertz CT molecular complexity index is 1610. The first-order valence-corrected chi connectivity index (χ1v) is 13.1. The first kappa shape index (κ1) is 26.0. The molecule has 1 saturated heterocycles. The van der Waals surface area contributed by atoms with Crippen LogP contribution in [0.5, 0.6) is 5.75 Å². The van der Waals surface area contributed by atoms with Crippen molar-refractivity contribution in [2.24, 2.45) is 4.99 Å². The zero-order valence-electron chi connectivity index (χ0n) is 21.7. The van der Waals surface area contributed by atoms with E-state index in [1.165, 1.54) is 17.8 Å². The summed E-state index contributed by atoms with van der Waals surface area (Å²) in [7, 11) is 1.62. The molecule has 8 nitrogen and oxygen atoms in total. The van der Waals surface area contributed by atoms with Gasteiger partial charge >= 0.3 is 0 Å². The van der Waals surface area contributed by atoms with E-state index in [1.54, 1.807) is 24.1 Å². The molecule has 1 aliphatic rings. The molecule has 0 saturated carbocycles. The van der Waals surface area contributed by atoms with Gasteiger partial charge in [0.2, 0.25) is 0 Å². The largest absolute Gasteiger partial charge is 0.497 e. The van der Waals surface area contributed by atoms with Crippen molar-refractivity contribution < 1.29 is 14.5 Å². The Morgan fingerprint density at radius 3 is 2.44 bits per heavy atom. The number of rotatable bonds is 7. The van der Waals surface area contributed by atoms with Gasteiger partial charge in [0, 0.05) is 23.5 Å². The van der Waals surface area contributed by atoms with Crippen molar-refractivity contribution in [1.82, 2.24) is 9.47 Å². The van der Waals surface area contributed by atoms with E-state index in [1.807, 2.05) is 91.2 Å². The van der Waals surface area contributed by atoms with E-state index in [-0.39, 0.29) is 11.6 Å². The van der Waals surface area contributed by atoms with E-state index >= 15 is 0 Å².